The van der Waals surface area contributed by atoms with E-state index in [0.29, 0.717) is 0 Å². The summed E-state index contributed by atoms with van der Waals surface area (Å²) >= 11 is 0. The van der Waals surface area contributed by atoms with E-state index in [0.717, 1.165) is 25.0 Å². The fraction of sp³-hybridized carbons (Fsp3) is 0.889. The van der Waals surface area contributed by atoms with Crippen molar-refractivity contribution in [2.45, 2.75) is 19.8 Å². The van der Waals surface area contributed by atoms with E-state index in [1.807, 2.05) is 0 Å². The summed E-state index contributed by atoms with van der Waals surface area (Å²) in [5.41, 5.74) is 0. The average molecular weight is 167 g/mol. The van der Waals surface area contributed by atoms with Gasteiger partial charge in [-0.2, -0.15) is 0 Å². The number of likely N-dealkylation sites (tertiary alicyclic amines) is 1. The molecule has 0 bridgehead atoms. The molecule has 3 heteroatoms. The van der Waals surface area contributed by atoms with Crippen LogP contribution in [0.3, 0.4) is 0 Å². The highest BCUT2D eigenvalue weighted by Gasteiger charge is 2.24. The summed E-state index contributed by atoms with van der Waals surface area (Å²) in [5.74, 6) is 2.04. The molecule has 0 aromatic carbocycles. The second-order valence-electron chi connectivity index (χ2n) is 3.64. The predicted octanol–water partition coefficient (Wildman–Crippen LogP) is 0.677. The van der Waals surface area contributed by atoms with Crippen LogP contribution in [-0.2, 0) is 0 Å². The predicted molar refractivity (Wildman–Crippen MR) is 50.3 cm³/mol. The highest BCUT2D eigenvalue weighted by atomic mass is 15.3. The second kappa shape index (κ2) is 3.33. The Bertz CT molecular complexity index is 188. The first-order valence-electron chi connectivity index (χ1n) is 4.93. The first-order chi connectivity index (χ1) is 5.90. The van der Waals surface area contributed by atoms with Gasteiger partial charge in [-0.3, -0.25) is 4.99 Å². The minimum absolute atomic E-state index is 0.898. The Hall–Kier alpha value is -0.730. The van der Waals surface area contributed by atoms with E-state index in [9.17, 15) is 0 Å². The molecular formula is C9H17N3. The van der Waals surface area contributed by atoms with Crippen LogP contribution in [0.4, 0.5) is 0 Å². The number of guanidine groups is 1. The zero-order valence-electron chi connectivity index (χ0n) is 7.71. The van der Waals surface area contributed by atoms with Crippen molar-refractivity contribution in [3.05, 3.63) is 0 Å². The summed E-state index contributed by atoms with van der Waals surface area (Å²) in [5, 5.41) is 3.32. The lowest BCUT2D eigenvalue weighted by Gasteiger charge is -2.17. The quantitative estimate of drug-likeness (QED) is 0.622. The SMILES string of the molecule is CCC1CCN(C2=NCCN2)C1. The van der Waals surface area contributed by atoms with Gasteiger partial charge in [0.15, 0.2) is 5.96 Å². The molecule has 0 radical (unpaired) electrons. The van der Waals surface area contributed by atoms with Crippen molar-refractivity contribution >= 4 is 5.96 Å². The summed E-state index contributed by atoms with van der Waals surface area (Å²) in [6, 6.07) is 0. The monoisotopic (exact) mass is 167 g/mol. The lowest BCUT2D eigenvalue weighted by atomic mass is 10.1. The largest absolute Gasteiger partial charge is 0.354 e. The third kappa shape index (κ3) is 1.40. The zero-order chi connectivity index (χ0) is 8.39. The fourth-order valence-electron chi connectivity index (χ4n) is 1.96. The molecule has 68 valence electrons. The van der Waals surface area contributed by atoms with Crippen molar-refractivity contribution in [3.8, 4) is 0 Å². The molecule has 2 rings (SSSR count). The van der Waals surface area contributed by atoms with Crippen LogP contribution < -0.4 is 5.32 Å². The van der Waals surface area contributed by atoms with E-state index in [-0.39, 0.29) is 0 Å². The Morgan fingerprint density at radius 3 is 3.17 bits per heavy atom. The molecule has 2 aliphatic heterocycles. The number of rotatable bonds is 1. The highest BCUT2D eigenvalue weighted by molar-refractivity contribution is 5.81. The van der Waals surface area contributed by atoms with Gasteiger partial charge in [0.2, 0.25) is 0 Å². The lowest BCUT2D eigenvalue weighted by Crippen LogP contribution is -2.36. The van der Waals surface area contributed by atoms with Crippen LogP contribution in [0.25, 0.3) is 0 Å². The first kappa shape index (κ1) is 7.90. The third-order valence-corrected chi connectivity index (χ3v) is 2.82. The van der Waals surface area contributed by atoms with Crippen LogP contribution in [0.1, 0.15) is 19.8 Å². The molecule has 1 atom stereocenters. The number of nitrogens with one attached hydrogen (secondary N) is 1. The van der Waals surface area contributed by atoms with Gasteiger partial charge in [0.1, 0.15) is 0 Å². The van der Waals surface area contributed by atoms with Crippen molar-refractivity contribution in [2.75, 3.05) is 26.2 Å². The topological polar surface area (TPSA) is 27.6 Å². The van der Waals surface area contributed by atoms with Crippen molar-refractivity contribution in [3.63, 3.8) is 0 Å². The van der Waals surface area contributed by atoms with E-state index in [2.05, 4.69) is 22.1 Å². The average Bonchev–Trinajstić information content (AvgIpc) is 2.75. The minimum Gasteiger partial charge on any atom is -0.354 e. The molecule has 0 spiro atoms. The number of hydrogen-bond acceptors (Lipinski definition) is 3. The number of hydrogen-bond donors (Lipinski definition) is 1. The van der Waals surface area contributed by atoms with Gasteiger partial charge in [-0.05, 0) is 12.3 Å². The van der Waals surface area contributed by atoms with E-state index >= 15 is 0 Å². The third-order valence-electron chi connectivity index (χ3n) is 2.82. The molecule has 1 saturated heterocycles. The summed E-state index contributed by atoms with van der Waals surface area (Å²) in [6.07, 6.45) is 2.65. The number of nitrogens with zero attached hydrogens (tertiary/aromatic N) is 2. The molecule has 12 heavy (non-hydrogen) atoms. The van der Waals surface area contributed by atoms with E-state index in [4.69, 9.17) is 0 Å². The number of aliphatic imine (C=N–C) groups is 1. The molecular weight excluding hydrogens is 150 g/mol. The maximum atomic E-state index is 4.42. The van der Waals surface area contributed by atoms with Crippen LogP contribution in [0.15, 0.2) is 4.99 Å². The Morgan fingerprint density at radius 2 is 2.58 bits per heavy atom. The van der Waals surface area contributed by atoms with Crippen LogP contribution >= 0.6 is 0 Å². The molecule has 3 nitrogen and oxygen atoms in total. The lowest BCUT2D eigenvalue weighted by molar-refractivity contribution is 0.462. The molecule has 2 heterocycles. The smallest absolute Gasteiger partial charge is 0.194 e. The summed E-state index contributed by atoms with van der Waals surface area (Å²) < 4.78 is 0. The molecule has 1 fully saturated rings. The van der Waals surface area contributed by atoms with Crippen molar-refractivity contribution < 1.29 is 0 Å². The summed E-state index contributed by atoms with van der Waals surface area (Å²) in [7, 11) is 0. The minimum atomic E-state index is 0.898. The molecule has 0 saturated carbocycles. The fourth-order valence-corrected chi connectivity index (χ4v) is 1.96. The van der Waals surface area contributed by atoms with Gasteiger partial charge in [0.25, 0.3) is 0 Å². The van der Waals surface area contributed by atoms with Crippen molar-refractivity contribution in [1.82, 2.24) is 10.2 Å². The molecule has 1 N–H and O–H groups in total. The molecule has 0 aliphatic carbocycles. The maximum absolute atomic E-state index is 4.42. The van der Waals surface area contributed by atoms with Crippen LogP contribution in [-0.4, -0.2) is 37.0 Å². The van der Waals surface area contributed by atoms with Crippen LogP contribution in [0, 0.1) is 5.92 Å². The summed E-state index contributed by atoms with van der Waals surface area (Å²) in [6.45, 7) is 6.68. The Labute approximate surface area is 73.9 Å². The van der Waals surface area contributed by atoms with Gasteiger partial charge in [-0.15, -0.1) is 0 Å². The van der Waals surface area contributed by atoms with Gasteiger partial charge in [0, 0.05) is 19.6 Å². The highest BCUT2D eigenvalue weighted by Crippen LogP contribution is 2.19. The van der Waals surface area contributed by atoms with Crippen LogP contribution in [0.5, 0.6) is 0 Å². The molecule has 2 aliphatic rings. The molecule has 0 aromatic heterocycles. The van der Waals surface area contributed by atoms with E-state index in [1.54, 1.807) is 0 Å². The second-order valence-corrected chi connectivity index (χ2v) is 3.64. The van der Waals surface area contributed by atoms with E-state index in [1.165, 1.54) is 25.9 Å². The Morgan fingerprint density at radius 1 is 1.67 bits per heavy atom. The molecule has 0 aromatic rings. The van der Waals surface area contributed by atoms with Gasteiger partial charge >= 0.3 is 0 Å². The van der Waals surface area contributed by atoms with E-state index < -0.39 is 0 Å². The Balaban J connectivity index is 1.90. The summed E-state index contributed by atoms with van der Waals surface area (Å²) in [4.78, 5) is 6.81. The maximum Gasteiger partial charge on any atom is 0.194 e. The zero-order valence-corrected chi connectivity index (χ0v) is 7.71. The standard InChI is InChI=1S/C9H17N3/c1-2-8-3-6-12(7-8)9-10-4-5-11-9/h8H,2-7H2,1H3,(H,10,11). The normalized spacial score (nSPS) is 28.9. The van der Waals surface area contributed by atoms with Gasteiger partial charge < -0.3 is 10.2 Å². The Kier molecular flexibility index (Phi) is 2.19. The van der Waals surface area contributed by atoms with Gasteiger partial charge in [0.05, 0.1) is 6.54 Å². The van der Waals surface area contributed by atoms with Crippen molar-refractivity contribution in [1.29, 1.82) is 0 Å². The molecule has 1 unspecified atom stereocenters. The van der Waals surface area contributed by atoms with Gasteiger partial charge in [-0.1, -0.05) is 13.3 Å². The van der Waals surface area contributed by atoms with Crippen molar-refractivity contribution in [2.24, 2.45) is 10.9 Å². The molecule has 0 amide bonds. The first-order valence-corrected chi connectivity index (χ1v) is 4.93. The van der Waals surface area contributed by atoms with Crippen LogP contribution in [0.2, 0.25) is 0 Å². The van der Waals surface area contributed by atoms with Gasteiger partial charge in [-0.25, -0.2) is 0 Å².